The van der Waals surface area contributed by atoms with Crippen LogP contribution in [0.5, 0.6) is 0 Å². The van der Waals surface area contributed by atoms with Crippen LogP contribution < -0.4 is 0 Å². The molecule has 164 valence electrons. The molecule has 3 heterocycles. The van der Waals surface area contributed by atoms with Crippen LogP contribution in [-0.4, -0.2) is 50.4 Å². The van der Waals surface area contributed by atoms with E-state index in [1.807, 2.05) is 19.9 Å². The van der Waals surface area contributed by atoms with Gasteiger partial charge in [0.15, 0.2) is 6.10 Å². The van der Waals surface area contributed by atoms with Crippen molar-refractivity contribution >= 4 is 5.91 Å². The SMILES string of the molecule is Cc1cc(C)n(CC(=O)N2CCO[C@H](c3nc(-c4cccc(C(F)(F)F)c4)no3)C2)n1. The van der Waals surface area contributed by atoms with Gasteiger partial charge in [-0.3, -0.25) is 9.48 Å². The summed E-state index contributed by atoms with van der Waals surface area (Å²) in [7, 11) is 0. The minimum absolute atomic E-state index is 0.0239. The first kappa shape index (κ1) is 21.0. The van der Waals surface area contributed by atoms with E-state index in [1.165, 1.54) is 12.1 Å². The molecule has 1 amide bonds. The lowest BCUT2D eigenvalue weighted by molar-refractivity contribution is -0.141. The lowest BCUT2D eigenvalue weighted by Gasteiger charge is -2.31. The summed E-state index contributed by atoms with van der Waals surface area (Å²) in [6, 6.07) is 6.57. The summed E-state index contributed by atoms with van der Waals surface area (Å²) in [5.74, 6) is 0.00364. The topological polar surface area (TPSA) is 86.3 Å². The number of benzene rings is 1. The Kier molecular flexibility index (Phi) is 5.52. The van der Waals surface area contributed by atoms with Crippen molar-refractivity contribution in [2.45, 2.75) is 32.7 Å². The number of rotatable bonds is 4. The average Bonchev–Trinajstić information content (AvgIpc) is 3.34. The molecule has 0 unspecified atom stereocenters. The van der Waals surface area contributed by atoms with Crippen molar-refractivity contribution in [3.8, 4) is 11.4 Å². The van der Waals surface area contributed by atoms with E-state index in [0.29, 0.717) is 6.54 Å². The Morgan fingerprint density at radius 1 is 1.26 bits per heavy atom. The fourth-order valence-electron chi connectivity index (χ4n) is 3.41. The van der Waals surface area contributed by atoms with Crippen molar-refractivity contribution in [2.75, 3.05) is 19.7 Å². The van der Waals surface area contributed by atoms with Crippen LogP contribution in [0, 0.1) is 13.8 Å². The van der Waals surface area contributed by atoms with Gasteiger partial charge in [-0.15, -0.1) is 0 Å². The number of ether oxygens (including phenoxy) is 1. The number of aromatic nitrogens is 4. The third-order valence-corrected chi connectivity index (χ3v) is 4.97. The van der Waals surface area contributed by atoms with Gasteiger partial charge in [-0.2, -0.15) is 23.3 Å². The fraction of sp³-hybridized carbons (Fsp3) is 0.400. The summed E-state index contributed by atoms with van der Waals surface area (Å²) in [6.07, 6.45) is -5.13. The number of carbonyl (C=O) groups is 1. The van der Waals surface area contributed by atoms with Crippen LogP contribution in [0.3, 0.4) is 0 Å². The van der Waals surface area contributed by atoms with Crippen molar-refractivity contribution in [2.24, 2.45) is 0 Å². The average molecular weight is 435 g/mol. The molecule has 2 aromatic heterocycles. The highest BCUT2D eigenvalue weighted by molar-refractivity contribution is 5.76. The molecule has 1 atom stereocenters. The molecule has 31 heavy (non-hydrogen) atoms. The molecular formula is C20H20F3N5O3. The number of aryl methyl sites for hydroxylation is 2. The fourth-order valence-corrected chi connectivity index (χ4v) is 3.41. The largest absolute Gasteiger partial charge is 0.416 e. The lowest BCUT2D eigenvalue weighted by Crippen LogP contribution is -2.44. The Labute approximate surface area is 175 Å². The molecule has 4 rings (SSSR count). The van der Waals surface area contributed by atoms with Gasteiger partial charge in [-0.1, -0.05) is 17.3 Å². The number of carbonyl (C=O) groups excluding carboxylic acids is 1. The minimum Gasteiger partial charge on any atom is -0.365 e. The molecular weight excluding hydrogens is 415 g/mol. The zero-order valence-electron chi connectivity index (χ0n) is 16.9. The van der Waals surface area contributed by atoms with E-state index in [1.54, 1.807) is 9.58 Å². The summed E-state index contributed by atoms with van der Waals surface area (Å²) >= 11 is 0. The first-order valence-electron chi connectivity index (χ1n) is 9.62. The Morgan fingerprint density at radius 2 is 2.06 bits per heavy atom. The lowest BCUT2D eigenvalue weighted by atomic mass is 10.1. The first-order chi connectivity index (χ1) is 14.7. The number of morpholine rings is 1. The molecule has 0 radical (unpaired) electrons. The highest BCUT2D eigenvalue weighted by Crippen LogP contribution is 2.32. The summed E-state index contributed by atoms with van der Waals surface area (Å²) < 4.78 is 51.4. The number of nitrogens with zero attached hydrogens (tertiary/aromatic N) is 5. The molecule has 1 aromatic carbocycles. The second kappa shape index (κ2) is 8.14. The predicted octanol–water partition coefficient (Wildman–Crippen LogP) is 3.17. The molecule has 0 saturated carbocycles. The van der Waals surface area contributed by atoms with Gasteiger partial charge in [0.25, 0.3) is 5.89 Å². The van der Waals surface area contributed by atoms with Crippen LogP contribution in [0.15, 0.2) is 34.9 Å². The van der Waals surface area contributed by atoms with E-state index in [0.717, 1.165) is 23.5 Å². The van der Waals surface area contributed by atoms with Crippen molar-refractivity contribution in [3.63, 3.8) is 0 Å². The van der Waals surface area contributed by atoms with E-state index in [9.17, 15) is 18.0 Å². The van der Waals surface area contributed by atoms with E-state index in [-0.39, 0.29) is 42.9 Å². The normalized spacial score (nSPS) is 17.2. The van der Waals surface area contributed by atoms with E-state index >= 15 is 0 Å². The molecule has 0 aliphatic carbocycles. The summed E-state index contributed by atoms with van der Waals surface area (Å²) in [4.78, 5) is 18.5. The number of alkyl halides is 3. The molecule has 8 nitrogen and oxygen atoms in total. The van der Waals surface area contributed by atoms with Crippen molar-refractivity contribution < 1.29 is 27.2 Å². The molecule has 0 spiro atoms. The van der Waals surface area contributed by atoms with Gasteiger partial charge in [-0.25, -0.2) is 0 Å². The Morgan fingerprint density at radius 3 is 2.77 bits per heavy atom. The van der Waals surface area contributed by atoms with Gasteiger partial charge in [0, 0.05) is 17.8 Å². The smallest absolute Gasteiger partial charge is 0.365 e. The van der Waals surface area contributed by atoms with Crippen LogP contribution in [0.2, 0.25) is 0 Å². The van der Waals surface area contributed by atoms with Crippen molar-refractivity contribution in [1.29, 1.82) is 0 Å². The molecule has 0 bridgehead atoms. The van der Waals surface area contributed by atoms with Gasteiger partial charge >= 0.3 is 6.18 Å². The van der Waals surface area contributed by atoms with E-state index < -0.39 is 17.8 Å². The first-order valence-corrected chi connectivity index (χ1v) is 9.62. The van der Waals surface area contributed by atoms with Gasteiger partial charge < -0.3 is 14.2 Å². The maximum atomic E-state index is 13.0. The third kappa shape index (κ3) is 4.61. The Bertz CT molecular complexity index is 1090. The van der Waals surface area contributed by atoms with E-state index in [4.69, 9.17) is 9.26 Å². The number of hydrogen-bond donors (Lipinski definition) is 0. The monoisotopic (exact) mass is 435 g/mol. The summed E-state index contributed by atoms with van der Waals surface area (Å²) in [6.45, 7) is 4.71. The van der Waals surface area contributed by atoms with E-state index in [2.05, 4.69) is 15.2 Å². The maximum absolute atomic E-state index is 13.0. The molecule has 1 aliphatic heterocycles. The minimum atomic E-state index is -4.47. The standard InChI is InChI=1S/C20H20F3N5O3/c1-12-8-13(2)28(25-12)11-17(29)27-6-7-30-16(10-27)19-24-18(26-31-19)14-4-3-5-15(9-14)20(21,22)23/h3-5,8-9,16H,6-7,10-11H2,1-2H3/t16-/m0/s1. The third-order valence-electron chi connectivity index (χ3n) is 4.97. The van der Waals surface area contributed by atoms with Crippen LogP contribution in [-0.2, 0) is 22.3 Å². The van der Waals surface area contributed by atoms with Crippen LogP contribution >= 0.6 is 0 Å². The molecule has 1 fully saturated rings. The number of halogens is 3. The van der Waals surface area contributed by atoms with Crippen LogP contribution in [0.1, 0.15) is 28.9 Å². The predicted molar refractivity (Wildman–Crippen MR) is 102 cm³/mol. The van der Waals surface area contributed by atoms with Gasteiger partial charge in [0.2, 0.25) is 11.7 Å². The van der Waals surface area contributed by atoms with Gasteiger partial charge in [0.1, 0.15) is 6.54 Å². The zero-order valence-corrected chi connectivity index (χ0v) is 16.9. The highest BCUT2D eigenvalue weighted by atomic mass is 19.4. The Balaban J connectivity index is 1.46. The molecule has 1 aliphatic rings. The quantitative estimate of drug-likeness (QED) is 0.626. The molecule has 3 aromatic rings. The van der Waals surface area contributed by atoms with Crippen molar-refractivity contribution in [3.05, 3.63) is 53.2 Å². The number of amides is 1. The van der Waals surface area contributed by atoms with Gasteiger partial charge in [0.05, 0.1) is 24.4 Å². The second-order valence-electron chi connectivity index (χ2n) is 7.32. The van der Waals surface area contributed by atoms with Gasteiger partial charge in [-0.05, 0) is 32.0 Å². The Hall–Kier alpha value is -3.21. The van der Waals surface area contributed by atoms with Crippen LogP contribution in [0.4, 0.5) is 13.2 Å². The summed E-state index contributed by atoms with van der Waals surface area (Å²) in [5, 5.41) is 8.09. The maximum Gasteiger partial charge on any atom is 0.416 e. The van der Waals surface area contributed by atoms with Crippen LogP contribution in [0.25, 0.3) is 11.4 Å². The highest BCUT2D eigenvalue weighted by Gasteiger charge is 2.32. The zero-order chi connectivity index (χ0) is 22.2. The molecule has 11 heteroatoms. The second-order valence-corrected chi connectivity index (χ2v) is 7.32. The number of hydrogen-bond acceptors (Lipinski definition) is 6. The van der Waals surface area contributed by atoms with Crippen molar-refractivity contribution in [1.82, 2.24) is 24.8 Å². The summed E-state index contributed by atoms with van der Waals surface area (Å²) in [5.41, 5.74) is 1.10. The molecule has 1 saturated heterocycles. The molecule has 0 N–H and O–H groups in total.